The smallest absolute Gasteiger partial charge is 0.0148 e. The summed E-state index contributed by atoms with van der Waals surface area (Å²) >= 11 is 0. The second-order valence-electron chi connectivity index (χ2n) is 4.76. The van der Waals surface area contributed by atoms with Gasteiger partial charge in [-0.2, -0.15) is 0 Å². The minimum atomic E-state index is 0.400. The first-order valence-corrected chi connectivity index (χ1v) is 4.45. The summed E-state index contributed by atoms with van der Waals surface area (Å²) in [4.78, 5) is 0. The van der Waals surface area contributed by atoms with Gasteiger partial charge in [0.15, 0.2) is 0 Å². The normalized spacial score (nSPS) is 22.0. The number of terminal acetylenes is 1. The average molecular weight is 150 g/mol. The molecule has 1 fully saturated rings. The maximum absolute atomic E-state index is 5.37. The molecular formula is C11H18. The van der Waals surface area contributed by atoms with Crippen molar-refractivity contribution in [1.82, 2.24) is 0 Å². The molecule has 0 heteroatoms. The Kier molecular flexibility index (Phi) is 2.01. The van der Waals surface area contributed by atoms with Gasteiger partial charge >= 0.3 is 0 Å². The van der Waals surface area contributed by atoms with E-state index in [4.69, 9.17) is 6.42 Å². The fourth-order valence-corrected chi connectivity index (χ4v) is 1.99. The predicted molar refractivity (Wildman–Crippen MR) is 49.2 cm³/mol. The van der Waals surface area contributed by atoms with Crippen LogP contribution in [0, 0.1) is 23.2 Å². The van der Waals surface area contributed by atoms with E-state index in [0.717, 1.165) is 6.42 Å². The molecule has 0 amide bonds. The van der Waals surface area contributed by atoms with Gasteiger partial charge in [-0.25, -0.2) is 0 Å². The van der Waals surface area contributed by atoms with Crippen LogP contribution in [0.25, 0.3) is 0 Å². The van der Waals surface area contributed by atoms with Crippen LogP contribution in [0.1, 0.15) is 46.5 Å². The van der Waals surface area contributed by atoms with E-state index in [1.807, 2.05) is 0 Å². The molecule has 1 aliphatic rings. The van der Waals surface area contributed by atoms with Crippen LogP contribution in [-0.4, -0.2) is 0 Å². The van der Waals surface area contributed by atoms with E-state index < -0.39 is 0 Å². The van der Waals surface area contributed by atoms with Crippen molar-refractivity contribution in [3.63, 3.8) is 0 Å². The van der Waals surface area contributed by atoms with E-state index in [1.165, 1.54) is 19.3 Å². The van der Waals surface area contributed by atoms with E-state index in [-0.39, 0.29) is 0 Å². The van der Waals surface area contributed by atoms with Crippen molar-refractivity contribution in [2.24, 2.45) is 10.8 Å². The molecule has 0 atom stereocenters. The van der Waals surface area contributed by atoms with Gasteiger partial charge in [-0.3, -0.25) is 0 Å². The van der Waals surface area contributed by atoms with Crippen LogP contribution in [-0.2, 0) is 0 Å². The zero-order valence-electron chi connectivity index (χ0n) is 7.91. The molecule has 0 bridgehead atoms. The molecule has 0 heterocycles. The molecule has 62 valence electrons. The maximum atomic E-state index is 5.37. The lowest BCUT2D eigenvalue weighted by molar-refractivity contribution is 0.00236. The zero-order valence-corrected chi connectivity index (χ0v) is 7.91. The average Bonchev–Trinajstić information content (AvgIpc) is 1.75. The summed E-state index contributed by atoms with van der Waals surface area (Å²) in [6, 6.07) is 0. The Balaban J connectivity index is 2.69. The van der Waals surface area contributed by atoms with Gasteiger partial charge in [0.05, 0.1) is 0 Å². The van der Waals surface area contributed by atoms with E-state index in [9.17, 15) is 0 Å². The van der Waals surface area contributed by atoms with Gasteiger partial charge in [0, 0.05) is 6.42 Å². The van der Waals surface area contributed by atoms with Crippen molar-refractivity contribution in [3.05, 3.63) is 0 Å². The first kappa shape index (κ1) is 8.65. The van der Waals surface area contributed by atoms with Gasteiger partial charge in [0.1, 0.15) is 0 Å². The highest BCUT2D eigenvalue weighted by atomic mass is 14.5. The van der Waals surface area contributed by atoms with E-state index in [1.54, 1.807) is 0 Å². The molecule has 0 unspecified atom stereocenters. The molecule has 1 saturated carbocycles. The highest BCUT2D eigenvalue weighted by Gasteiger charge is 2.45. The first-order chi connectivity index (χ1) is 5.02. The van der Waals surface area contributed by atoms with Gasteiger partial charge < -0.3 is 0 Å². The number of hydrogen-bond donors (Lipinski definition) is 0. The molecule has 0 N–H and O–H groups in total. The van der Waals surface area contributed by atoms with Crippen LogP contribution in [0.4, 0.5) is 0 Å². The van der Waals surface area contributed by atoms with Gasteiger partial charge in [0.2, 0.25) is 0 Å². The second-order valence-corrected chi connectivity index (χ2v) is 4.76. The van der Waals surface area contributed by atoms with Crippen molar-refractivity contribution in [1.29, 1.82) is 0 Å². The summed E-state index contributed by atoms with van der Waals surface area (Å²) in [5.41, 5.74) is 0.874. The molecule has 0 radical (unpaired) electrons. The van der Waals surface area contributed by atoms with Crippen LogP contribution in [0.3, 0.4) is 0 Å². The molecule has 0 saturated heterocycles. The summed E-state index contributed by atoms with van der Waals surface area (Å²) < 4.78 is 0. The lowest BCUT2D eigenvalue weighted by atomic mass is 9.54. The van der Waals surface area contributed by atoms with Crippen molar-refractivity contribution in [2.75, 3.05) is 0 Å². The van der Waals surface area contributed by atoms with Crippen LogP contribution in [0.2, 0.25) is 0 Å². The summed E-state index contributed by atoms with van der Waals surface area (Å²) in [5.74, 6) is 2.82. The quantitative estimate of drug-likeness (QED) is 0.503. The standard InChI is InChI=1S/C11H18/c1-5-7-11(8-6-9-11)10(2,3)4/h1H,6-9H2,2-4H3. The summed E-state index contributed by atoms with van der Waals surface area (Å²) in [6.07, 6.45) is 10.4. The van der Waals surface area contributed by atoms with Crippen molar-refractivity contribution in [3.8, 4) is 12.3 Å². The summed E-state index contributed by atoms with van der Waals surface area (Å²) in [5, 5.41) is 0. The molecule has 1 aliphatic carbocycles. The molecule has 0 aromatic carbocycles. The highest BCUT2D eigenvalue weighted by Crippen LogP contribution is 2.55. The molecule has 0 aromatic rings. The topological polar surface area (TPSA) is 0 Å². The van der Waals surface area contributed by atoms with E-state index >= 15 is 0 Å². The Bertz CT molecular complexity index is 171. The van der Waals surface area contributed by atoms with Crippen LogP contribution in [0.5, 0.6) is 0 Å². The Morgan fingerprint density at radius 3 is 2.00 bits per heavy atom. The number of rotatable bonds is 1. The molecular weight excluding hydrogens is 132 g/mol. The highest BCUT2D eigenvalue weighted by molar-refractivity contribution is 5.04. The monoisotopic (exact) mass is 150 g/mol. The Labute approximate surface area is 70.4 Å². The Hall–Kier alpha value is -0.440. The number of hydrogen-bond acceptors (Lipinski definition) is 0. The minimum absolute atomic E-state index is 0.400. The largest absolute Gasteiger partial charge is 0.120 e. The molecule has 0 aliphatic heterocycles. The van der Waals surface area contributed by atoms with Gasteiger partial charge in [-0.15, -0.1) is 12.3 Å². The van der Waals surface area contributed by atoms with Gasteiger partial charge in [0.25, 0.3) is 0 Å². The summed E-state index contributed by atoms with van der Waals surface area (Å²) in [6.45, 7) is 6.93. The second kappa shape index (κ2) is 2.55. The third-order valence-electron chi connectivity index (χ3n) is 3.34. The molecule has 11 heavy (non-hydrogen) atoms. The lowest BCUT2D eigenvalue weighted by Crippen LogP contribution is -2.41. The minimum Gasteiger partial charge on any atom is -0.120 e. The van der Waals surface area contributed by atoms with Crippen molar-refractivity contribution in [2.45, 2.75) is 46.5 Å². The predicted octanol–water partition coefficient (Wildman–Crippen LogP) is 3.23. The third-order valence-corrected chi connectivity index (χ3v) is 3.34. The maximum Gasteiger partial charge on any atom is 0.0148 e. The Morgan fingerprint density at radius 1 is 1.36 bits per heavy atom. The lowest BCUT2D eigenvalue weighted by Gasteiger charge is -2.51. The van der Waals surface area contributed by atoms with Gasteiger partial charge in [-0.1, -0.05) is 27.2 Å². The van der Waals surface area contributed by atoms with E-state index in [2.05, 4.69) is 26.7 Å². The Morgan fingerprint density at radius 2 is 1.91 bits per heavy atom. The van der Waals surface area contributed by atoms with Crippen LogP contribution >= 0.6 is 0 Å². The molecule has 0 aromatic heterocycles. The fourth-order valence-electron chi connectivity index (χ4n) is 1.99. The van der Waals surface area contributed by atoms with Crippen molar-refractivity contribution >= 4 is 0 Å². The fraction of sp³-hybridized carbons (Fsp3) is 0.818. The zero-order chi connectivity index (χ0) is 8.54. The SMILES string of the molecule is C#CCC1(C(C)(C)C)CCC1. The van der Waals surface area contributed by atoms with Crippen LogP contribution in [0.15, 0.2) is 0 Å². The first-order valence-electron chi connectivity index (χ1n) is 4.45. The third kappa shape index (κ3) is 1.29. The summed E-state index contributed by atoms with van der Waals surface area (Å²) in [7, 11) is 0. The van der Waals surface area contributed by atoms with Crippen molar-refractivity contribution < 1.29 is 0 Å². The molecule has 1 rings (SSSR count). The van der Waals surface area contributed by atoms with E-state index in [0.29, 0.717) is 10.8 Å². The molecule has 0 nitrogen and oxygen atoms in total. The van der Waals surface area contributed by atoms with Gasteiger partial charge in [-0.05, 0) is 23.7 Å². The van der Waals surface area contributed by atoms with Crippen LogP contribution < -0.4 is 0 Å². The molecule has 0 spiro atoms.